The zero-order valence-electron chi connectivity index (χ0n) is 18.2. The molecule has 0 aliphatic heterocycles. The van der Waals surface area contributed by atoms with E-state index < -0.39 is 15.9 Å². The lowest BCUT2D eigenvalue weighted by Gasteiger charge is -2.14. The van der Waals surface area contributed by atoms with Gasteiger partial charge < -0.3 is 5.11 Å². The highest BCUT2D eigenvalue weighted by atomic mass is 79.9. The van der Waals surface area contributed by atoms with Gasteiger partial charge in [0.1, 0.15) is 11.1 Å². The van der Waals surface area contributed by atoms with Crippen LogP contribution >= 0.6 is 27.7 Å². The number of nitrogens with zero attached hydrogens (tertiary/aromatic N) is 2. The van der Waals surface area contributed by atoms with Crippen LogP contribution in [0.3, 0.4) is 0 Å². The quantitative estimate of drug-likeness (QED) is 0.328. The van der Waals surface area contributed by atoms with Crippen LogP contribution in [0.15, 0.2) is 70.2 Å². The Hall–Kier alpha value is -2.18. The first-order valence-corrected chi connectivity index (χ1v) is 14.2. The molecule has 1 N–H and O–H groups in total. The van der Waals surface area contributed by atoms with Crippen molar-refractivity contribution in [1.82, 2.24) is 4.98 Å². The van der Waals surface area contributed by atoms with Crippen LogP contribution in [0.2, 0.25) is 0 Å². The molecule has 1 aromatic heterocycles. The SMILES string of the molecule is CCCCS(=O)(=O)C[C@@H](O)CSc1nc(-c2ccc(Br)cc2)cc(-c2ccccc2)c1C#N. The minimum absolute atomic E-state index is 0.0735. The van der Waals surface area contributed by atoms with Crippen LogP contribution in [0.4, 0.5) is 0 Å². The number of rotatable bonds is 10. The molecule has 5 nitrogen and oxygen atoms in total. The van der Waals surface area contributed by atoms with Gasteiger partial charge in [-0.2, -0.15) is 5.26 Å². The van der Waals surface area contributed by atoms with Gasteiger partial charge in [0.25, 0.3) is 0 Å². The lowest BCUT2D eigenvalue weighted by Crippen LogP contribution is -2.25. The number of halogens is 1. The summed E-state index contributed by atoms with van der Waals surface area (Å²) in [7, 11) is -3.32. The number of aromatic nitrogens is 1. The molecule has 0 fully saturated rings. The molecule has 2 aromatic carbocycles. The molecule has 0 saturated heterocycles. The first kappa shape index (κ1) is 25.4. The van der Waals surface area contributed by atoms with E-state index in [0.717, 1.165) is 27.6 Å². The van der Waals surface area contributed by atoms with Crippen LogP contribution < -0.4 is 0 Å². The lowest BCUT2D eigenvalue weighted by atomic mass is 9.99. The summed E-state index contributed by atoms with van der Waals surface area (Å²) in [5.41, 5.74) is 3.64. The summed E-state index contributed by atoms with van der Waals surface area (Å²) in [4.78, 5) is 4.71. The number of thioether (sulfide) groups is 1. The molecule has 1 atom stereocenters. The maximum Gasteiger partial charge on any atom is 0.152 e. The molecule has 0 spiro atoms. The Labute approximate surface area is 207 Å². The smallest absolute Gasteiger partial charge is 0.152 e. The van der Waals surface area contributed by atoms with Crippen molar-refractivity contribution in [3.05, 3.63) is 70.7 Å². The van der Waals surface area contributed by atoms with Crippen molar-refractivity contribution in [1.29, 1.82) is 5.26 Å². The average molecular weight is 546 g/mol. The Balaban J connectivity index is 1.95. The minimum Gasteiger partial charge on any atom is -0.391 e. The third-order valence-corrected chi connectivity index (χ3v) is 8.44. The molecule has 172 valence electrons. The second-order valence-electron chi connectivity index (χ2n) is 7.65. The van der Waals surface area contributed by atoms with Crippen molar-refractivity contribution in [2.75, 3.05) is 17.3 Å². The van der Waals surface area contributed by atoms with Crippen molar-refractivity contribution in [2.24, 2.45) is 0 Å². The van der Waals surface area contributed by atoms with Crippen molar-refractivity contribution in [2.45, 2.75) is 30.9 Å². The second-order valence-corrected chi connectivity index (χ2v) is 11.8. The number of aliphatic hydroxyl groups is 1. The van der Waals surface area contributed by atoms with E-state index in [9.17, 15) is 18.8 Å². The fraction of sp³-hybridized carbons (Fsp3) is 0.280. The van der Waals surface area contributed by atoms with E-state index in [1.807, 2.05) is 67.6 Å². The monoisotopic (exact) mass is 544 g/mol. The van der Waals surface area contributed by atoms with E-state index in [1.165, 1.54) is 11.8 Å². The second kappa shape index (κ2) is 11.8. The minimum atomic E-state index is -3.32. The lowest BCUT2D eigenvalue weighted by molar-refractivity contribution is 0.222. The zero-order valence-corrected chi connectivity index (χ0v) is 21.5. The molecular weight excluding hydrogens is 520 g/mol. The Morgan fingerprint density at radius 2 is 1.82 bits per heavy atom. The van der Waals surface area contributed by atoms with E-state index in [-0.39, 0.29) is 17.3 Å². The van der Waals surface area contributed by atoms with Gasteiger partial charge >= 0.3 is 0 Å². The number of aliphatic hydroxyl groups excluding tert-OH is 1. The molecule has 0 aliphatic rings. The van der Waals surface area contributed by atoms with Gasteiger partial charge in [0.15, 0.2) is 9.84 Å². The highest BCUT2D eigenvalue weighted by Crippen LogP contribution is 2.34. The Morgan fingerprint density at radius 1 is 1.12 bits per heavy atom. The average Bonchev–Trinajstić information content (AvgIpc) is 2.81. The van der Waals surface area contributed by atoms with Gasteiger partial charge in [-0.3, -0.25) is 0 Å². The maximum absolute atomic E-state index is 12.2. The van der Waals surface area contributed by atoms with Crippen LogP contribution in [0.1, 0.15) is 25.3 Å². The van der Waals surface area contributed by atoms with Crippen molar-refractivity contribution < 1.29 is 13.5 Å². The van der Waals surface area contributed by atoms with Crippen LogP contribution in [-0.2, 0) is 9.84 Å². The normalized spacial score (nSPS) is 12.3. The highest BCUT2D eigenvalue weighted by Gasteiger charge is 2.20. The van der Waals surface area contributed by atoms with E-state index >= 15 is 0 Å². The fourth-order valence-corrected chi connectivity index (χ4v) is 6.26. The molecule has 0 unspecified atom stereocenters. The number of unbranched alkanes of at least 4 members (excludes halogenated alkanes) is 1. The number of pyridine rings is 1. The third-order valence-electron chi connectivity index (χ3n) is 4.99. The Kier molecular flexibility index (Phi) is 9.10. The van der Waals surface area contributed by atoms with Crippen molar-refractivity contribution in [3.8, 4) is 28.5 Å². The predicted molar refractivity (Wildman–Crippen MR) is 138 cm³/mol. The van der Waals surface area contributed by atoms with E-state index in [1.54, 1.807) is 0 Å². The maximum atomic E-state index is 12.2. The molecule has 0 aliphatic carbocycles. The summed E-state index contributed by atoms with van der Waals surface area (Å²) in [5, 5.41) is 20.8. The fourth-order valence-electron chi connectivity index (χ4n) is 3.31. The molecule has 1 heterocycles. The Bertz CT molecular complexity index is 1230. The number of hydrogen-bond acceptors (Lipinski definition) is 6. The molecule has 33 heavy (non-hydrogen) atoms. The highest BCUT2D eigenvalue weighted by molar-refractivity contribution is 9.10. The van der Waals surface area contributed by atoms with Gasteiger partial charge in [-0.15, -0.1) is 11.8 Å². The van der Waals surface area contributed by atoms with Crippen LogP contribution in [0.5, 0.6) is 0 Å². The Morgan fingerprint density at radius 3 is 2.45 bits per heavy atom. The number of sulfone groups is 1. The number of hydrogen-bond donors (Lipinski definition) is 1. The van der Waals surface area contributed by atoms with Crippen LogP contribution in [-0.4, -0.2) is 41.9 Å². The summed E-state index contributed by atoms with van der Waals surface area (Å²) in [5.74, 6) is -0.0883. The standard InChI is InChI=1S/C25H25BrN2O3S2/c1-2-3-13-33(30,31)17-21(29)16-32-25-23(15-27)22(18-7-5-4-6-8-18)14-24(28-25)19-9-11-20(26)12-10-19/h4-12,14,21,29H,2-3,13,16-17H2,1H3/t21-/m0/s1. The van der Waals surface area contributed by atoms with Crippen LogP contribution in [0.25, 0.3) is 22.4 Å². The van der Waals surface area contributed by atoms with Gasteiger partial charge in [0.05, 0.1) is 28.9 Å². The summed E-state index contributed by atoms with van der Waals surface area (Å²) < 4.78 is 25.3. The number of nitriles is 1. The van der Waals surface area contributed by atoms with Gasteiger partial charge in [0.2, 0.25) is 0 Å². The molecule has 3 rings (SSSR count). The van der Waals surface area contributed by atoms with E-state index in [0.29, 0.717) is 22.7 Å². The third kappa shape index (κ3) is 7.15. The summed E-state index contributed by atoms with van der Waals surface area (Å²) >= 11 is 4.65. The van der Waals surface area contributed by atoms with Gasteiger partial charge in [-0.05, 0) is 30.2 Å². The molecule has 3 aromatic rings. The summed E-state index contributed by atoms with van der Waals surface area (Å²) in [6, 6.07) is 21.5. The largest absolute Gasteiger partial charge is 0.391 e. The molecule has 8 heteroatoms. The first-order valence-electron chi connectivity index (χ1n) is 10.6. The molecule has 0 amide bonds. The molecule has 0 bridgehead atoms. The van der Waals surface area contributed by atoms with E-state index in [4.69, 9.17) is 4.98 Å². The predicted octanol–water partition coefficient (Wildman–Crippen LogP) is 5.72. The zero-order chi connectivity index (χ0) is 23.8. The van der Waals surface area contributed by atoms with Gasteiger partial charge in [-0.1, -0.05) is 71.7 Å². The molecule has 0 saturated carbocycles. The van der Waals surface area contributed by atoms with Crippen molar-refractivity contribution >= 4 is 37.5 Å². The van der Waals surface area contributed by atoms with Gasteiger partial charge in [0, 0.05) is 21.4 Å². The topological polar surface area (TPSA) is 91.1 Å². The summed E-state index contributed by atoms with van der Waals surface area (Å²) in [6.07, 6.45) is 0.324. The summed E-state index contributed by atoms with van der Waals surface area (Å²) in [6.45, 7) is 1.93. The number of benzene rings is 2. The molecule has 0 radical (unpaired) electrons. The van der Waals surface area contributed by atoms with Crippen LogP contribution in [0, 0.1) is 11.3 Å². The molecular formula is C25H25BrN2O3S2. The van der Waals surface area contributed by atoms with Gasteiger partial charge in [-0.25, -0.2) is 13.4 Å². The van der Waals surface area contributed by atoms with Crippen molar-refractivity contribution in [3.63, 3.8) is 0 Å². The van der Waals surface area contributed by atoms with E-state index in [2.05, 4.69) is 22.0 Å². The first-order chi connectivity index (χ1) is 15.8.